The molecule has 5 rings (SSSR count). The van der Waals surface area contributed by atoms with E-state index in [-0.39, 0.29) is 36.9 Å². The Labute approximate surface area is 256 Å². The third-order valence-corrected chi connectivity index (χ3v) is 8.55. The van der Waals surface area contributed by atoms with Crippen LogP contribution < -0.4 is 19.7 Å². The number of carbonyl (C=O) groups excluding carboxylic acids is 2. The van der Waals surface area contributed by atoms with Gasteiger partial charge in [0.05, 0.1) is 39.0 Å². The van der Waals surface area contributed by atoms with Gasteiger partial charge in [0.15, 0.2) is 11.5 Å². The van der Waals surface area contributed by atoms with Gasteiger partial charge in [-0.3, -0.25) is 9.59 Å². The Morgan fingerprint density at radius 1 is 1.07 bits per heavy atom. The van der Waals surface area contributed by atoms with Crippen LogP contribution in [0.2, 0.25) is 0 Å². The summed E-state index contributed by atoms with van der Waals surface area (Å²) in [6.45, 7) is 4.11. The number of hydrogen-bond acceptors (Lipinski definition) is 10. The quantitative estimate of drug-likeness (QED) is 0.429. The molecule has 0 unspecified atom stereocenters. The molecule has 2 aliphatic rings. The van der Waals surface area contributed by atoms with Crippen molar-refractivity contribution in [3.8, 4) is 17.2 Å². The highest BCUT2D eigenvalue weighted by Crippen LogP contribution is 2.34. The van der Waals surface area contributed by atoms with Crippen molar-refractivity contribution in [1.82, 2.24) is 20.4 Å². The third kappa shape index (κ3) is 8.01. The first kappa shape index (κ1) is 30.7. The van der Waals surface area contributed by atoms with Crippen LogP contribution in [0.3, 0.4) is 0 Å². The fourth-order valence-electron chi connectivity index (χ4n) is 5.24. The zero-order valence-corrected chi connectivity index (χ0v) is 25.7. The predicted octanol–water partition coefficient (Wildman–Crippen LogP) is 3.60. The summed E-state index contributed by atoms with van der Waals surface area (Å²) in [5, 5.41) is 13.7. The second-order valence-electron chi connectivity index (χ2n) is 10.7. The molecule has 2 aromatic carbocycles. The van der Waals surface area contributed by atoms with E-state index in [0.717, 1.165) is 34.1 Å². The minimum Gasteiger partial charge on any atom is -0.493 e. The van der Waals surface area contributed by atoms with Crippen LogP contribution in [0.5, 0.6) is 17.2 Å². The third-order valence-electron chi connectivity index (χ3n) is 7.50. The van der Waals surface area contributed by atoms with E-state index in [2.05, 4.69) is 27.3 Å². The van der Waals surface area contributed by atoms with Gasteiger partial charge >= 0.3 is 0 Å². The zero-order valence-electron chi connectivity index (χ0n) is 24.9. The Morgan fingerprint density at radius 3 is 2.77 bits per heavy atom. The summed E-state index contributed by atoms with van der Waals surface area (Å²) in [5.74, 6) is 1.44. The van der Waals surface area contributed by atoms with Crippen LogP contribution in [0, 0.1) is 0 Å². The highest BCUT2D eigenvalue weighted by molar-refractivity contribution is 7.15. The molecular weight excluding hydrogens is 570 g/mol. The Bertz CT molecular complexity index is 1400. The number of fused-ring (bicyclic) bond motifs is 5. The summed E-state index contributed by atoms with van der Waals surface area (Å²) < 4.78 is 23.5. The van der Waals surface area contributed by atoms with Crippen molar-refractivity contribution in [1.29, 1.82) is 0 Å². The normalized spacial score (nSPS) is 19.7. The molecule has 0 spiro atoms. The van der Waals surface area contributed by atoms with Crippen LogP contribution >= 0.6 is 11.3 Å². The number of aryl methyl sites for hydroxylation is 2. The van der Waals surface area contributed by atoms with Crippen LogP contribution in [-0.2, 0) is 38.5 Å². The van der Waals surface area contributed by atoms with E-state index in [1.807, 2.05) is 42.5 Å². The van der Waals surface area contributed by atoms with Crippen molar-refractivity contribution in [2.24, 2.45) is 0 Å². The maximum atomic E-state index is 13.4. The van der Waals surface area contributed by atoms with Crippen molar-refractivity contribution in [2.75, 3.05) is 51.9 Å². The zero-order chi connectivity index (χ0) is 30.2. The number of benzene rings is 2. The van der Waals surface area contributed by atoms with Crippen LogP contribution in [0.1, 0.15) is 35.9 Å². The second kappa shape index (κ2) is 14.6. The summed E-state index contributed by atoms with van der Waals surface area (Å²) in [7, 11) is 3.18. The van der Waals surface area contributed by atoms with Crippen molar-refractivity contribution in [2.45, 2.75) is 51.4 Å². The molecule has 2 atom stereocenters. The maximum absolute atomic E-state index is 13.4. The van der Waals surface area contributed by atoms with E-state index in [4.69, 9.17) is 18.9 Å². The number of hydrogen-bond donors (Lipinski definition) is 1. The first-order valence-corrected chi connectivity index (χ1v) is 15.5. The topological polar surface area (TPSA) is 115 Å². The van der Waals surface area contributed by atoms with E-state index in [1.165, 1.54) is 0 Å². The number of amides is 2. The molecule has 11 nitrogen and oxygen atoms in total. The smallest absolute Gasteiger partial charge is 0.239 e. The molecule has 1 fully saturated rings. The standard InChI is InChI=1S/C31H39N5O6S/c1-4-6-29-33-34-31(43-29)36-17-24-27(18-36)41-20-22-7-5-8-23(15-22)42-26-16-21(9-11-25(26)40-3)10-12-30(38)35(13-14-39-2)19-28(37)32-24/h5,7-9,11,15-16,24,27H,4,6,10,12-14,17-20H2,1-3H3,(H,32,37)/t24-,27-/m0/s1. The van der Waals surface area contributed by atoms with Gasteiger partial charge in [0, 0.05) is 39.6 Å². The molecule has 1 saturated heterocycles. The molecule has 2 amide bonds. The number of nitrogens with zero attached hydrogens (tertiary/aromatic N) is 4. The van der Waals surface area contributed by atoms with Crippen molar-refractivity contribution < 1.29 is 28.5 Å². The molecule has 3 aromatic rings. The lowest BCUT2D eigenvalue weighted by atomic mass is 10.1. The van der Waals surface area contributed by atoms with E-state index in [9.17, 15) is 9.59 Å². The minimum absolute atomic E-state index is 0.0656. The summed E-state index contributed by atoms with van der Waals surface area (Å²) in [4.78, 5) is 30.3. The van der Waals surface area contributed by atoms with E-state index < -0.39 is 0 Å². The first-order chi connectivity index (χ1) is 20.9. The van der Waals surface area contributed by atoms with E-state index >= 15 is 0 Å². The highest BCUT2D eigenvalue weighted by Gasteiger charge is 2.36. The Morgan fingerprint density at radius 2 is 1.95 bits per heavy atom. The fraction of sp³-hybridized carbons (Fsp3) is 0.484. The number of anilines is 1. The van der Waals surface area contributed by atoms with Gasteiger partial charge in [0.25, 0.3) is 0 Å². The SMILES string of the molecule is CCCc1nnc(N2C[C@@H]3NC(=O)CN(CCOC)C(=O)CCc4ccc(OC)c(c4)Oc4cccc(c4)CO[C@H]3C2)s1. The molecule has 2 aliphatic heterocycles. The van der Waals surface area contributed by atoms with Crippen LogP contribution in [0.15, 0.2) is 42.5 Å². The number of ether oxygens (including phenoxy) is 4. The Balaban J connectivity index is 1.42. The molecule has 43 heavy (non-hydrogen) atoms. The lowest BCUT2D eigenvalue weighted by Crippen LogP contribution is -2.49. The molecule has 1 N–H and O–H groups in total. The number of carbonyl (C=O) groups is 2. The molecule has 3 heterocycles. The molecule has 4 bridgehead atoms. The second-order valence-corrected chi connectivity index (χ2v) is 11.7. The first-order valence-electron chi connectivity index (χ1n) is 14.6. The molecule has 0 saturated carbocycles. The van der Waals surface area contributed by atoms with Crippen molar-refractivity contribution >= 4 is 28.3 Å². The lowest BCUT2D eigenvalue weighted by molar-refractivity contribution is -0.137. The summed E-state index contributed by atoms with van der Waals surface area (Å²) in [6, 6.07) is 13.1. The number of aromatic nitrogens is 2. The molecule has 1 aromatic heterocycles. The Hall–Kier alpha value is -3.74. The monoisotopic (exact) mass is 609 g/mol. The average Bonchev–Trinajstić information content (AvgIpc) is 3.64. The number of rotatable bonds is 7. The lowest BCUT2D eigenvalue weighted by Gasteiger charge is -2.25. The molecule has 0 aliphatic carbocycles. The predicted molar refractivity (Wildman–Crippen MR) is 163 cm³/mol. The number of methoxy groups -OCH3 is 2. The van der Waals surface area contributed by atoms with E-state index in [1.54, 1.807) is 30.5 Å². The summed E-state index contributed by atoms with van der Waals surface area (Å²) in [6.07, 6.45) is 2.30. The summed E-state index contributed by atoms with van der Waals surface area (Å²) in [5.41, 5.74) is 1.86. The largest absolute Gasteiger partial charge is 0.493 e. The molecule has 0 radical (unpaired) electrons. The maximum Gasteiger partial charge on any atom is 0.239 e. The van der Waals surface area contributed by atoms with Gasteiger partial charge in [0.2, 0.25) is 16.9 Å². The molecule has 12 heteroatoms. The van der Waals surface area contributed by atoms with E-state index in [0.29, 0.717) is 56.5 Å². The van der Waals surface area contributed by atoms with Gasteiger partial charge in [0.1, 0.15) is 10.8 Å². The van der Waals surface area contributed by atoms with Gasteiger partial charge in [-0.25, -0.2) is 0 Å². The molecule has 230 valence electrons. The summed E-state index contributed by atoms with van der Waals surface area (Å²) >= 11 is 1.57. The molecular formula is C31H39N5O6S. The van der Waals surface area contributed by atoms with Gasteiger partial charge in [-0.1, -0.05) is 36.5 Å². The van der Waals surface area contributed by atoms with Crippen molar-refractivity contribution in [3.05, 3.63) is 58.6 Å². The van der Waals surface area contributed by atoms with Crippen molar-refractivity contribution in [3.63, 3.8) is 0 Å². The minimum atomic E-state index is -0.300. The fourth-order valence-corrected chi connectivity index (χ4v) is 6.20. The average molecular weight is 610 g/mol. The van der Waals surface area contributed by atoms with Crippen LogP contribution in [-0.4, -0.2) is 86.1 Å². The van der Waals surface area contributed by atoms with Gasteiger partial charge in [-0.2, -0.15) is 0 Å². The van der Waals surface area contributed by atoms with Gasteiger partial charge in [-0.15, -0.1) is 10.2 Å². The van der Waals surface area contributed by atoms with Crippen LogP contribution in [0.25, 0.3) is 0 Å². The highest BCUT2D eigenvalue weighted by atomic mass is 32.1. The Kier molecular flexibility index (Phi) is 10.4. The van der Waals surface area contributed by atoms with Crippen LogP contribution in [0.4, 0.5) is 5.13 Å². The van der Waals surface area contributed by atoms with Gasteiger partial charge in [-0.05, 0) is 48.2 Å². The van der Waals surface area contributed by atoms with Gasteiger partial charge < -0.3 is 34.1 Å². The number of nitrogens with one attached hydrogen (secondary N) is 1.